The minimum atomic E-state index is -1.50. The first-order chi connectivity index (χ1) is 15.1. The average molecular weight is 474 g/mol. The Morgan fingerprint density at radius 2 is 1.24 bits per heavy atom. The molecule has 0 unspecified atom stereocenters. The smallest absolute Gasteiger partial charge is 0.305 e. The Kier molecular flexibility index (Phi) is 12.3. The summed E-state index contributed by atoms with van der Waals surface area (Å²) in [7, 11) is 0. The van der Waals surface area contributed by atoms with Gasteiger partial charge in [-0.25, -0.2) is 0 Å². The fraction of sp³-hybridized carbons (Fsp3) is 0.632. The SMILES string of the molecule is CC(=O)[C@H](CC(=O)O)NC(=O)[C@@H](NC(=O)[C@H](CCC(=O)O)NC(=O)[C@@H](N)CC(=O)O)C(C)C. The zero-order valence-corrected chi connectivity index (χ0v) is 18.5. The number of rotatable bonds is 15. The van der Waals surface area contributed by atoms with E-state index in [2.05, 4.69) is 16.0 Å². The van der Waals surface area contributed by atoms with Gasteiger partial charge in [-0.15, -0.1) is 0 Å². The predicted octanol–water partition coefficient (Wildman–Crippen LogP) is -2.17. The molecule has 0 saturated carbocycles. The molecule has 186 valence electrons. The van der Waals surface area contributed by atoms with Gasteiger partial charge in [0.25, 0.3) is 0 Å². The quantitative estimate of drug-likeness (QED) is 0.135. The molecule has 0 radical (unpaired) electrons. The number of ketones is 1. The van der Waals surface area contributed by atoms with Crippen molar-refractivity contribution >= 4 is 41.4 Å². The van der Waals surface area contributed by atoms with Gasteiger partial charge in [-0.1, -0.05) is 13.8 Å². The number of carboxylic acid groups (broad SMARTS) is 3. The highest BCUT2D eigenvalue weighted by Gasteiger charge is 2.32. The number of carbonyl (C=O) groups is 7. The van der Waals surface area contributed by atoms with Crippen LogP contribution in [0.5, 0.6) is 0 Å². The average Bonchev–Trinajstić information content (AvgIpc) is 2.66. The number of carbonyl (C=O) groups excluding carboxylic acids is 4. The van der Waals surface area contributed by atoms with Crippen LogP contribution in [0, 0.1) is 5.92 Å². The summed E-state index contributed by atoms with van der Waals surface area (Å²) in [6, 6.07) is -5.54. The van der Waals surface area contributed by atoms with Crippen molar-refractivity contribution in [3.05, 3.63) is 0 Å². The number of nitrogens with two attached hydrogens (primary N) is 1. The summed E-state index contributed by atoms with van der Waals surface area (Å²) < 4.78 is 0. The van der Waals surface area contributed by atoms with E-state index in [4.69, 9.17) is 21.1 Å². The fourth-order valence-electron chi connectivity index (χ4n) is 2.62. The second kappa shape index (κ2) is 13.8. The Balaban J connectivity index is 5.52. The van der Waals surface area contributed by atoms with E-state index in [0.29, 0.717) is 0 Å². The third kappa shape index (κ3) is 11.6. The minimum Gasteiger partial charge on any atom is -0.481 e. The molecule has 0 aliphatic carbocycles. The predicted molar refractivity (Wildman–Crippen MR) is 111 cm³/mol. The zero-order valence-electron chi connectivity index (χ0n) is 18.5. The van der Waals surface area contributed by atoms with E-state index in [9.17, 15) is 33.6 Å². The van der Waals surface area contributed by atoms with Gasteiger partial charge in [-0.3, -0.25) is 33.6 Å². The van der Waals surface area contributed by atoms with Gasteiger partial charge in [0.05, 0.1) is 24.9 Å². The molecule has 4 atom stereocenters. The molecular weight excluding hydrogens is 444 g/mol. The number of amides is 3. The van der Waals surface area contributed by atoms with Crippen LogP contribution in [0.25, 0.3) is 0 Å². The van der Waals surface area contributed by atoms with Crippen LogP contribution in [0.1, 0.15) is 46.5 Å². The number of hydrogen-bond acceptors (Lipinski definition) is 8. The molecule has 8 N–H and O–H groups in total. The molecule has 0 aromatic heterocycles. The topological polar surface area (TPSA) is 242 Å². The fourth-order valence-corrected chi connectivity index (χ4v) is 2.62. The van der Waals surface area contributed by atoms with Crippen molar-refractivity contribution in [1.82, 2.24) is 16.0 Å². The Morgan fingerprint density at radius 3 is 1.67 bits per heavy atom. The molecule has 0 saturated heterocycles. The summed E-state index contributed by atoms with van der Waals surface area (Å²) in [5.41, 5.74) is 5.46. The second-order valence-electron chi connectivity index (χ2n) is 7.70. The molecule has 0 heterocycles. The Labute approximate surface area is 189 Å². The molecule has 0 aliphatic rings. The van der Waals surface area contributed by atoms with Crippen molar-refractivity contribution in [3.63, 3.8) is 0 Å². The van der Waals surface area contributed by atoms with E-state index in [1.807, 2.05) is 0 Å². The Morgan fingerprint density at radius 1 is 0.727 bits per heavy atom. The van der Waals surface area contributed by atoms with Crippen LogP contribution < -0.4 is 21.7 Å². The molecule has 33 heavy (non-hydrogen) atoms. The van der Waals surface area contributed by atoms with Crippen LogP contribution >= 0.6 is 0 Å². The van der Waals surface area contributed by atoms with Crippen LogP contribution in [-0.4, -0.2) is 80.9 Å². The summed E-state index contributed by atoms with van der Waals surface area (Å²) >= 11 is 0. The lowest BCUT2D eigenvalue weighted by Crippen LogP contribution is -2.58. The lowest BCUT2D eigenvalue weighted by Gasteiger charge is -2.27. The monoisotopic (exact) mass is 474 g/mol. The number of nitrogens with one attached hydrogen (secondary N) is 3. The highest BCUT2D eigenvalue weighted by Crippen LogP contribution is 2.07. The number of Topliss-reactive ketones (excluding diaryl/α,β-unsaturated/α-hetero) is 1. The molecule has 14 heteroatoms. The number of hydrogen-bond donors (Lipinski definition) is 7. The second-order valence-corrected chi connectivity index (χ2v) is 7.70. The largest absolute Gasteiger partial charge is 0.481 e. The van der Waals surface area contributed by atoms with Crippen LogP contribution in [-0.2, 0) is 33.6 Å². The maximum absolute atomic E-state index is 12.7. The van der Waals surface area contributed by atoms with Gasteiger partial charge in [0, 0.05) is 6.42 Å². The molecular formula is C19H30N4O10. The van der Waals surface area contributed by atoms with Crippen molar-refractivity contribution in [3.8, 4) is 0 Å². The Hall–Kier alpha value is -3.55. The summed E-state index contributed by atoms with van der Waals surface area (Å²) in [6.07, 6.45) is -2.31. The van der Waals surface area contributed by atoms with Gasteiger partial charge < -0.3 is 37.0 Å². The minimum absolute atomic E-state index is 0.381. The van der Waals surface area contributed by atoms with Gasteiger partial charge in [0.1, 0.15) is 12.1 Å². The molecule has 0 aromatic rings. The van der Waals surface area contributed by atoms with E-state index < -0.39 is 90.8 Å². The van der Waals surface area contributed by atoms with Gasteiger partial charge in [0.2, 0.25) is 17.7 Å². The molecule has 3 amide bonds. The van der Waals surface area contributed by atoms with Crippen molar-refractivity contribution in [1.29, 1.82) is 0 Å². The molecule has 0 fully saturated rings. The standard InChI is InChI=1S/C19H30N4O10/c1-8(2)16(19(33)22-12(9(3)24)7-15(29)30)23-18(32)11(4-5-13(25)26)21-17(31)10(20)6-14(27)28/h8,10-12,16H,4-7,20H2,1-3H3,(H,21,31)(H,22,33)(H,23,32)(H,25,26)(H,27,28)(H,29,30)/t10-,11-,12-,16-/m0/s1. The first-order valence-electron chi connectivity index (χ1n) is 9.98. The van der Waals surface area contributed by atoms with Gasteiger partial charge in [-0.2, -0.15) is 0 Å². The normalized spacial score (nSPS) is 14.3. The maximum atomic E-state index is 12.7. The zero-order chi connectivity index (χ0) is 25.9. The summed E-state index contributed by atoms with van der Waals surface area (Å²) in [6.45, 7) is 4.20. The van der Waals surface area contributed by atoms with E-state index in [-0.39, 0.29) is 6.42 Å². The van der Waals surface area contributed by atoms with E-state index in [1.54, 1.807) is 13.8 Å². The van der Waals surface area contributed by atoms with Gasteiger partial charge >= 0.3 is 17.9 Å². The number of carboxylic acids is 3. The first-order valence-corrected chi connectivity index (χ1v) is 9.98. The molecule has 0 aromatic carbocycles. The molecule has 0 rings (SSSR count). The van der Waals surface area contributed by atoms with Crippen molar-refractivity contribution in [2.45, 2.75) is 70.6 Å². The Bertz CT molecular complexity index is 783. The highest BCUT2D eigenvalue weighted by molar-refractivity contribution is 5.96. The summed E-state index contributed by atoms with van der Waals surface area (Å²) in [4.78, 5) is 81.6. The first kappa shape index (κ1) is 29.5. The third-order valence-corrected chi connectivity index (χ3v) is 4.44. The van der Waals surface area contributed by atoms with E-state index in [1.165, 1.54) is 0 Å². The van der Waals surface area contributed by atoms with Crippen LogP contribution in [0.4, 0.5) is 0 Å². The lowest BCUT2D eigenvalue weighted by atomic mass is 10.0. The van der Waals surface area contributed by atoms with Crippen molar-refractivity contribution < 1.29 is 48.9 Å². The van der Waals surface area contributed by atoms with Crippen LogP contribution in [0.15, 0.2) is 0 Å². The van der Waals surface area contributed by atoms with Gasteiger partial charge in [-0.05, 0) is 19.3 Å². The van der Waals surface area contributed by atoms with E-state index in [0.717, 1.165) is 6.92 Å². The highest BCUT2D eigenvalue weighted by atomic mass is 16.4. The van der Waals surface area contributed by atoms with Gasteiger partial charge in [0.15, 0.2) is 5.78 Å². The molecule has 0 aliphatic heterocycles. The summed E-state index contributed by atoms with van der Waals surface area (Å²) in [5, 5.41) is 33.3. The molecule has 0 bridgehead atoms. The van der Waals surface area contributed by atoms with Crippen molar-refractivity contribution in [2.24, 2.45) is 11.7 Å². The third-order valence-electron chi connectivity index (χ3n) is 4.44. The van der Waals surface area contributed by atoms with Crippen LogP contribution in [0.3, 0.4) is 0 Å². The summed E-state index contributed by atoms with van der Waals surface area (Å²) in [5.74, 6) is -7.92. The van der Waals surface area contributed by atoms with E-state index >= 15 is 0 Å². The lowest BCUT2D eigenvalue weighted by molar-refractivity contribution is -0.141. The van der Waals surface area contributed by atoms with Crippen LogP contribution in [0.2, 0.25) is 0 Å². The molecule has 0 spiro atoms. The molecule has 14 nitrogen and oxygen atoms in total. The van der Waals surface area contributed by atoms with Crippen molar-refractivity contribution in [2.75, 3.05) is 0 Å². The number of aliphatic carboxylic acids is 3. The maximum Gasteiger partial charge on any atom is 0.305 e.